The Kier molecular flexibility index (Phi) is 4.96. The molecule has 7 nitrogen and oxygen atoms in total. The molecule has 1 atom stereocenters. The van der Waals surface area contributed by atoms with E-state index in [-0.39, 0.29) is 5.56 Å². The van der Waals surface area contributed by atoms with Gasteiger partial charge >= 0.3 is 5.69 Å². The smallest absolute Gasteiger partial charge is 0.302 e. The minimum atomic E-state index is -4.28. The number of nitrogens with zero attached hydrogens (tertiary/aromatic N) is 3. The molecule has 0 spiro atoms. The second kappa shape index (κ2) is 6.52. The summed E-state index contributed by atoms with van der Waals surface area (Å²) in [6.07, 6.45) is 0.939. The van der Waals surface area contributed by atoms with Crippen molar-refractivity contribution in [2.75, 3.05) is 7.05 Å². The largest absolute Gasteiger partial charge is 0.330 e. The average molecular weight is 373 g/mol. The molecule has 0 aliphatic carbocycles. The summed E-state index contributed by atoms with van der Waals surface area (Å²) in [5, 5.41) is 0. The molecule has 0 saturated heterocycles. The van der Waals surface area contributed by atoms with Gasteiger partial charge in [0.1, 0.15) is 0 Å². The number of hydrogen-bond donors (Lipinski definition) is 0. The predicted molar refractivity (Wildman–Crippen MR) is 86.6 cm³/mol. The standard InChI is InChI=1S/C15H17F2N3O4S/c1-9(10-5-6-11(16)12(17)7-10)20(4)25(23,24)13-8-18(2)15(22)19(3)14(13)21/h5-9H,1-4H3. The Morgan fingerprint density at radius 2 is 1.72 bits per heavy atom. The van der Waals surface area contributed by atoms with Crippen molar-refractivity contribution in [3.63, 3.8) is 0 Å². The third kappa shape index (κ3) is 3.27. The van der Waals surface area contributed by atoms with E-state index in [0.717, 1.165) is 27.2 Å². The van der Waals surface area contributed by atoms with Crippen LogP contribution in [0.25, 0.3) is 0 Å². The molecule has 0 saturated carbocycles. The van der Waals surface area contributed by atoms with Crippen molar-refractivity contribution in [3.05, 3.63) is 62.4 Å². The fraction of sp³-hybridized carbons (Fsp3) is 0.333. The topological polar surface area (TPSA) is 81.4 Å². The highest BCUT2D eigenvalue weighted by Gasteiger charge is 2.30. The van der Waals surface area contributed by atoms with Crippen LogP contribution in [0.3, 0.4) is 0 Å². The zero-order chi connectivity index (χ0) is 19.1. The maximum absolute atomic E-state index is 13.4. The lowest BCUT2D eigenvalue weighted by atomic mass is 10.1. The van der Waals surface area contributed by atoms with E-state index in [1.165, 1.54) is 34.1 Å². The summed E-state index contributed by atoms with van der Waals surface area (Å²) in [6, 6.07) is 2.17. The second-order valence-electron chi connectivity index (χ2n) is 5.62. The minimum Gasteiger partial charge on any atom is -0.302 e. The van der Waals surface area contributed by atoms with Gasteiger partial charge in [0.25, 0.3) is 5.56 Å². The van der Waals surface area contributed by atoms with E-state index in [9.17, 15) is 26.8 Å². The summed E-state index contributed by atoms with van der Waals surface area (Å²) in [5.74, 6) is -2.15. The zero-order valence-corrected chi connectivity index (χ0v) is 14.8. The molecule has 0 bridgehead atoms. The van der Waals surface area contributed by atoms with Crippen LogP contribution in [-0.4, -0.2) is 28.9 Å². The van der Waals surface area contributed by atoms with Crippen LogP contribution >= 0.6 is 0 Å². The van der Waals surface area contributed by atoms with Gasteiger partial charge in [-0.25, -0.2) is 22.0 Å². The Balaban J connectivity index is 2.54. The summed E-state index contributed by atoms with van der Waals surface area (Å²) in [6.45, 7) is 1.47. The molecule has 0 fully saturated rings. The van der Waals surface area contributed by atoms with Crippen molar-refractivity contribution in [3.8, 4) is 0 Å². The SMILES string of the molecule is CC(c1ccc(F)c(F)c1)N(C)S(=O)(=O)c1cn(C)c(=O)n(C)c1=O. The van der Waals surface area contributed by atoms with Crippen LogP contribution in [0.2, 0.25) is 0 Å². The van der Waals surface area contributed by atoms with E-state index in [4.69, 9.17) is 0 Å². The highest BCUT2D eigenvalue weighted by molar-refractivity contribution is 7.89. The van der Waals surface area contributed by atoms with Gasteiger partial charge in [-0.1, -0.05) is 6.07 Å². The molecule has 2 rings (SSSR count). The first-order chi connectivity index (χ1) is 11.5. The van der Waals surface area contributed by atoms with Crippen LogP contribution < -0.4 is 11.2 Å². The quantitative estimate of drug-likeness (QED) is 0.792. The maximum atomic E-state index is 13.4. The third-order valence-corrected chi connectivity index (χ3v) is 5.95. The Morgan fingerprint density at radius 3 is 2.28 bits per heavy atom. The lowest BCUT2D eigenvalue weighted by Crippen LogP contribution is -2.42. The van der Waals surface area contributed by atoms with Gasteiger partial charge in [-0.05, 0) is 24.6 Å². The van der Waals surface area contributed by atoms with Crippen LogP contribution in [0.5, 0.6) is 0 Å². The van der Waals surface area contributed by atoms with Gasteiger partial charge in [-0.2, -0.15) is 4.31 Å². The second-order valence-corrected chi connectivity index (χ2v) is 7.59. The molecule has 0 amide bonds. The molecule has 1 heterocycles. The number of halogens is 2. The molecule has 1 unspecified atom stereocenters. The molecule has 136 valence electrons. The highest BCUT2D eigenvalue weighted by Crippen LogP contribution is 2.25. The van der Waals surface area contributed by atoms with Gasteiger partial charge in [-0.3, -0.25) is 9.36 Å². The average Bonchev–Trinajstić information content (AvgIpc) is 2.57. The molecule has 0 radical (unpaired) electrons. The van der Waals surface area contributed by atoms with E-state index in [1.54, 1.807) is 0 Å². The van der Waals surface area contributed by atoms with Gasteiger partial charge < -0.3 is 4.57 Å². The summed E-state index contributed by atoms with van der Waals surface area (Å²) >= 11 is 0. The van der Waals surface area contributed by atoms with Crippen LogP contribution in [0.4, 0.5) is 8.78 Å². The summed E-state index contributed by atoms with van der Waals surface area (Å²) in [5.41, 5.74) is -1.42. The van der Waals surface area contributed by atoms with E-state index >= 15 is 0 Å². The molecule has 0 aliphatic rings. The summed E-state index contributed by atoms with van der Waals surface area (Å²) in [7, 11) is -0.575. The number of rotatable bonds is 4. The van der Waals surface area contributed by atoms with Crippen molar-refractivity contribution >= 4 is 10.0 Å². The molecule has 1 aromatic heterocycles. The lowest BCUT2D eigenvalue weighted by molar-refractivity contribution is 0.393. The van der Waals surface area contributed by atoms with Crippen LogP contribution in [0.1, 0.15) is 18.5 Å². The van der Waals surface area contributed by atoms with Crippen LogP contribution in [0.15, 0.2) is 38.9 Å². The van der Waals surface area contributed by atoms with Crippen molar-refractivity contribution in [2.24, 2.45) is 14.1 Å². The Morgan fingerprint density at radius 1 is 1.12 bits per heavy atom. The van der Waals surface area contributed by atoms with E-state index in [2.05, 4.69) is 0 Å². The van der Waals surface area contributed by atoms with Crippen molar-refractivity contribution in [2.45, 2.75) is 17.9 Å². The molecular formula is C15H17F2N3O4S. The van der Waals surface area contributed by atoms with E-state index in [0.29, 0.717) is 4.57 Å². The number of hydrogen-bond acceptors (Lipinski definition) is 4. The molecule has 10 heteroatoms. The third-order valence-electron chi connectivity index (χ3n) is 4.04. The number of benzene rings is 1. The fourth-order valence-corrected chi connectivity index (χ4v) is 3.79. The van der Waals surface area contributed by atoms with Gasteiger partial charge in [0.05, 0.1) is 0 Å². The van der Waals surface area contributed by atoms with Crippen molar-refractivity contribution in [1.82, 2.24) is 13.4 Å². The van der Waals surface area contributed by atoms with Gasteiger partial charge in [0.15, 0.2) is 16.5 Å². The van der Waals surface area contributed by atoms with Crippen molar-refractivity contribution in [1.29, 1.82) is 0 Å². The van der Waals surface area contributed by atoms with Crippen LogP contribution in [-0.2, 0) is 24.1 Å². The normalized spacial score (nSPS) is 13.2. The first kappa shape index (κ1) is 19.0. The van der Waals surface area contributed by atoms with Gasteiger partial charge in [0, 0.05) is 33.4 Å². The van der Waals surface area contributed by atoms with E-state index in [1.807, 2.05) is 0 Å². The number of aryl methyl sites for hydroxylation is 1. The van der Waals surface area contributed by atoms with Gasteiger partial charge in [-0.15, -0.1) is 0 Å². The highest BCUT2D eigenvalue weighted by atomic mass is 32.2. The Hall–Kier alpha value is -2.33. The maximum Gasteiger partial charge on any atom is 0.330 e. The number of aromatic nitrogens is 2. The molecule has 2 aromatic rings. The Labute approximate surface area is 142 Å². The molecule has 0 aliphatic heterocycles. The summed E-state index contributed by atoms with van der Waals surface area (Å²) in [4.78, 5) is 23.3. The van der Waals surface area contributed by atoms with Crippen molar-refractivity contribution < 1.29 is 17.2 Å². The summed E-state index contributed by atoms with van der Waals surface area (Å²) < 4.78 is 54.5. The monoisotopic (exact) mass is 373 g/mol. The Bertz CT molecular complexity index is 1040. The predicted octanol–water partition coefficient (Wildman–Crippen LogP) is 0.744. The number of sulfonamides is 1. The van der Waals surface area contributed by atoms with E-state index < -0.39 is 43.8 Å². The molecule has 25 heavy (non-hydrogen) atoms. The minimum absolute atomic E-state index is 0.214. The fourth-order valence-electron chi connectivity index (χ4n) is 2.30. The van der Waals surface area contributed by atoms with Crippen LogP contribution in [0, 0.1) is 11.6 Å². The van der Waals surface area contributed by atoms with Gasteiger partial charge in [0.2, 0.25) is 10.0 Å². The zero-order valence-electron chi connectivity index (χ0n) is 14.0. The molecule has 0 N–H and O–H groups in total. The molecular weight excluding hydrogens is 356 g/mol. The first-order valence-electron chi connectivity index (χ1n) is 7.18. The molecule has 1 aromatic carbocycles. The lowest BCUT2D eigenvalue weighted by Gasteiger charge is -2.24. The first-order valence-corrected chi connectivity index (χ1v) is 8.62.